The van der Waals surface area contributed by atoms with Gasteiger partial charge in [0, 0.05) is 25.1 Å². The van der Waals surface area contributed by atoms with Gasteiger partial charge in [-0.05, 0) is 67.3 Å². The van der Waals surface area contributed by atoms with Crippen molar-refractivity contribution in [3.8, 4) is 5.75 Å². The molecule has 2 atom stereocenters. The molecule has 192 valence electrons. The molecule has 10 heteroatoms. The van der Waals surface area contributed by atoms with Crippen LogP contribution in [-0.2, 0) is 33.7 Å². The lowest BCUT2D eigenvalue weighted by molar-refractivity contribution is -0.136. The van der Waals surface area contributed by atoms with E-state index >= 15 is 0 Å². The van der Waals surface area contributed by atoms with Gasteiger partial charge >= 0.3 is 0 Å². The van der Waals surface area contributed by atoms with Gasteiger partial charge in [-0.1, -0.05) is 25.0 Å². The number of hydrogen-bond acceptors (Lipinski definition) is 6. The third-order valence-electron chi connectivity index (χ3n) is 6.50. The van der Waals surface area contributed by atoms with Crippen molar-refractivity contribution in [3.05, 3.63) is 59.2 Å². The Bertz CT molecular complexity index is 1140. The Morgan fingerprint density at radius 2 is 1.83 bits per heavy atom. The zero-order valence-corrected chi connectivity index (χ0v) is 21.0. The topological polar surface area (TPSA) is 131 Å². The van der Waals surface area contributed by atoms with Crippen LogP contribution in [0.25, 0.3) is 0 Å². The average molecular weight is 513 g/mol. The smallest absolute Gasteiger partial charge is 0.255 e. The fourth-order valence-electron chi connectivity index (χ4n) is 4.51. The minimum Gasteiger partial charge on any atom is -0.494 e. The summed E-state index contributed by atoms with van der Waals surface area (Å²) in [5.41, 5.74) is 2.57. The number of carbonyl (C=O) groups is 3. The Morgan fingerprint density at radius 3 is 2.58 bits per heavy atom. The zero-order chi connectivity index (χ0) is 25.5. The monoisotopic (exact) mass is 512 g/mol. The summed E-state index contributed by atoms with van der Waals surface area (Å²) in [6.07, 6.45) is 4.77. The highest BCUT2D eigenvalue weighted by Crippen LogP contribution is 2.30. The van der Waals surface area contributed by atoms with E-state index in [1.165, 1.54) is 0 Å². The Labute approximate surface area is 213 Å². The predicted molar refractivity (Wildman–Crippen MR) is 135 cm³/mol. The quantitative estimate of drug-likeness (QED) is 0.295. The van der Waals surface area contributed by atoms with E-state index in [1.807, 2.05) is 18.2 Å². The third-order valence-corrected chi connectivity index (χ3v) is 7.23. The van der Waals surface area contributed by atoms with E-state index in [1.54, 1.807) is 29.2 Å². The number of nitrogens with two attached hydrogens (primary N) is 1. The molecule has 0 radical (unpaired) electrons. The van der Waals surface area contributed by atoms with E-state index in [2.05, 4.69) is 10.6 Å². The van der Waals surface area contributed by atoms with Crippen molar-refractivity contribution in [1.29, 1.82) is 0 Å². The molecule has 3 amide bonds. The van der Waals surface area contributed by atoms with Crippen molar-refractivity contribution in [2.75, 3.05) is 13.2 Å². The molecule has 2 aromatic rings. The molecule has 0 spiro atoms. The normalized spacial score (nSPS) is 18.2. The molecule has 1 fully saturated rings. The first-order valence-electron chi connectivity index (χ1n) is 12.3. The van der Waals surface area contributed by atoms with Crippen LogP contribution in [0.5, 0.6) is 5.75 Å². The highest BCUT2D eigenvalue weighted by Gasteiger charge is 2.39. The van der Waals surface area contributed by atoms with Crippen molar-refractivity contribution in [3.63, 3.8) is 0 Å². The van der Waals surface area contributed by atoms with Gasteiger partial charge in [0.15, 0.2) is 0 Å². The van der Waals surface area contributed by atoms with Crippen molar-refractivity contribution in [2.45, 2.75) is 62.6 Å². The van der Waals surface area contributed by atoms with Crippen LogP contribution in [0.3, 0.4) is 0 Å². The van der Waals surface area contributed by atoms with Gasteiger partial charge in [-0.3, -0.25) is 19.7 Å². The first-order valence-corrected chi connectivity index (χ1v) is 13.5. The Kier molecular flexibility index (Phi) is 8.84. The van der Waals surface area contributed by atoms with Crippen LogP contribution >= 0.6 is 0 Å². The molecule has 1 saturated heterocycles. The van der Waals surface area contributed by atoms with Crippen LogP contribution in [0, 0.1) is 0 Å². The lowest BCUT2D eigenvalue weighted by Crippen LogP contribution is -2.52. The lowest BCUT2D eigenvalue weighted by Gasteiger charge is -2.29. The number of ether oxygens (including phenoxy) is 1. The average Bonchev–Trinajstić information content (AvgIpc) is 3.18. The summed E-state index contributed by atoms with van der Waals surface area (Å²) >= 11 is 0. The number of nitrogens with zero attached hydrogens (tertiary/aromatic N) is 1. The van der Waals surface area contributed by atoms with Gasteiger partial charge < -0.3 is 15.0 Å². The lowest BCUT2D eigenvalue weighted by atomic mass is 10.0. The SMILES string of the molecule is NS(=O)c1ccc(CNCCCCCCOc2ccc3c(c2)CN(C2CCC(=O)NC2=O)C3=O)cc1. The van der Waals surface area contributed by atoms with Crippen molar-refractivity contribution < 1.29 is 23.3 Å². The summed E-state index contributed by atoms with van der Waals surface area (Å²) in [7, 11) is -1.44. The molecule has 0 aliphatic carbocycles. The second kappa shape index (κ2) is 12.2. The molecular weight excluding hydrogens is 480 g/mol. The molecule has 2 aliphatic rings. The number of amides is 3. The van der Waals surface area contributed by atoms with Gasteiger partial charge in [0.25, 0.3) is 5.91 Å². The van der Waals surface area contributed by atoms with E-state index in [4.69, 9.17) is 9.88 Å². The van der Waals surface area contributed by atoms with Crippen LogP contribution in [-0.4, -0.2) is 46.0 Å². The largest absolute Gasteiger partial charge is 0.494 e. The third kappa shape index (κ3) is 6.57. The zero-order valence-electron chi connectivity index (χ0n) is 20.2. The molecule has 36 heavy (non-hydrogen) atoms. The van der Waals surface area contributed by atoms with E-state index in [9.17, 15) is 18.6 Å². The summed E-state index contributed by atoms with van der Waals surface area (Å²) < 4.78 is 17.1. The minimum absolute atomic E-state index is 0.177. The molecule has 0 aromatic heterocycles. The summed E-state index contributed by atoms with van der Waals surface area (Å²) in [6, 6.07) is 12.3. The molecule has 2 aromatic carbocycles. The molecule has 9 nitrogen and oxygen atoms in total. The summed E-state index contributed by atoms with van der Waals surface area (Å²) in [5, 5.41) is 11.1. The van der Waals surface area contributed by atoms with Crippen LogP contribution in [0.1, 0.15) is 60.0 Å². The van der Waals surface area contributed by atoms with Gasteiger partial charge in [0.05, 0.1) is 11.5 Å². The van der Waals surface area contributed by atoms with E-state index in [0.717, 1.165) is 55.6 Å². The van der Waals surface area contributed by atoms with Crippen LogP contribution in [0.4, 0.5) is 0 Å². The first kappa shape index (κ1) is 26.0. The fourth-order valence-corrected chi connectivity index (χ4v) is 4.91. The molecule has 2 unspecified atom stereocenters. The first-order chi connectivity index (χ1) is 17.4. The highest BCUT2D eigenvalue weighted by molar-refractivity contribution is 7.82. The summed E-state index contributed by atoms with van der Waals surface area (Å²) in [6.45, 7) is 2.64. The standard InChI is InChI=1S/C26H32N4O5S/c27-36(34)21-8-5-18(6-9-21)16-28-13-3-1-2-4-14-35-20-7-10-22-19(15-20)17-30(26(22)33)23-11-12-24(31)29-25(23)32/h5-10,15,23,28H,1-4,11-14,16-17,27H2,(H,29,31,32). The van der Waals surface area contributed by atoms with Crippen LogP contribution in [0.15, 0.2) is 47.4 Å². The number of imide groups is 1. The molecule has 0 bridgehead atoms. The number of fused-ring (bicyclic) bond motifs is 1. The van der Waals surface area contributed by atoms with Crippen molar-refractivity contribution in [2.24, 2.45) is 5.14 Å². The van der Waals surface area contributed by atoms with Crippen LogP contribution < -0.4 is 20.5 Å². The van der Waals surface area contributed by atoms with E-state index < -0.39 is 22.9 Å². The summed E-state index contributed by atoms with van der Waals surface area (Å²) in [4.78, 5) is 38.5. The predicted octanol–water partition coefficient (Wildman–Crippen LogP) is 2.16. The minimum atomic E-state index is -1.44. The number of piperidine rings is 1. The molecular formula is C26H32N4O5S. The van der Waals surface area contributed by atoms with Crippen LogP contribution in [0.2, 0.25) is 0 Å². The molecule has 4 N–H and O–H groups in total. The molecule has 4 rings (SSSR count). The highest BCUT2D eigenvalue weighted by atomic mass is 32.2. The Hall–Kier alpha value is -3.08. The maximum absolute atomic E-state index is 12.8. The van der Waals surface area contributed by atoms with Crippen molar-refractivity contribution in [1.82, 2.24) is 15.5 Å². The second-order valence-corrected chi connectivity index (χ2v) is 10.2. The van der Waals surface area contributed by atoms with Gasteiger partial charge in [-0.2, -0.15) is 0 Å². The maximum Gasteiger partial charge on any atom is 0.255 e. The second-order valence-electron chi connectivity index (χ2n) is 9.10. The van der Waals surface area contributed by atoms with Gasteiger partial charge in [0.2, 0.25) is 11.8 Å². The van der Waals surface area contributed by atoms with Gasteiger partial charge in [-0.15, -0.1) is 0 Å². The molecule has 2 heterocycles. The fraction of sp³-hybridized carbons (Fsp3) is 0.423. The number of hydrogen-bond donors (Lipinski definition) is 3. The Balaban J connectivity index is 1.11. The number of nitrogens with one attached hydrogen (secondary N) is 2. The maximum atomic E-state index is 12.8. The van der Waals surface area contributed by atoms with Gasteiger partial charge in [-0.25, -0.2) is 9.35 Å². The molecule has 2 aliphatic heterocycles. The van der Waals surface area contributed by atoms with E-state index in [-0.39, 0.29) is 18.2 Å². The number of benzene rings is 2. The summed E-state index contributed by atoms with van der Waals surface area (Å²) in [5.74, 6) is -0.151. The molecule has 0 saturated carbocycles. The number of rotatable bonds is 12. The number of carbonyl (C=O) groups excluding carboxylic acids is 3. The Morgan fingerprint density at radius 1 is 1.06 bits per heavy atom. The van der Waals surface area contributed by atoms with E-state index in [0.29, 0.717) is 30.0 Å². The number of unbranched alkanes of at least 4 members (excludes halogenated alkanes) is 3. The van der Waals surface area contributed by atoms with Gasteiger partial charge in [0.1, 0.15) is 22.8 Å². The van der Waals surface area contributed by atoms with Crippen molar-refractivity contribution >= 4 is 28.7 Å².